The number of nitrogens with two attached hydrogens (primary N) is 1. The van der Waals surface area contributed by atoms with Crippen LogP contribution in [0.5, 0.6) is 0 Å². The number of carbonyl (C=O) groups excluding carboxylic acids is 2. The van der Waals surface area contributed by atoms with Gasteiger partial charge < -0.3 is 15.7 Å². The zero-order chi connectivity index (χ0) is 21.0. The summed E-state index contributed by atoms with van der Waals surface area (Å²) in [5.74, 6) is 5.12. The molecule has 3 aromatic rings. The number of benzene rings is 1. The summed E-state index contributed by atoms with van der Waals surface area (Å²) in [7, 11) is 1.64. The number of fused-ring (bicyclic) bond motifs is 1. The lowest BCUT2D eigenvalue weighted by Gasteiger charge is -2.10. The lowest BCUT2D eigenvalue weighted by Crippen LogP contribution is -2.21. The molecule has 1 atom stereocenters. The minimum atomic E-state index is -0.852. The summed E-state index contributed by atoms with van der Waals surface area (Å²) >= 11 is 0. The second kappa shape index (κ2) is 8.54. The van der Waals surface area contributed by atoms with E-state index in [1.54, 1.807) is 36.1 Å². The third-order valence-electron chi connectivity index (χ3n) is 4.30. The Balaban J connectivity index is 1.95. The molecule has 2 amide bonds. The summed E-state index contributed by atoms with van der Waals surface area (Å²) in [5.41, 5.74) is 8.42. The molecule has 0 fully saturated rings. The van der Waals surface area contributed by atoms with Crippen molar-refractivity contribution in [2.24, 2.45) is 5.73 Å². The van der Waals surface area contributed by atoms with Crippen LogP contribution in [-0.4, -0.2) is 56.8 Å². The van der Waals surface area contributed by atoms with Gasteiger partial charge in [0, 0.05) is 31.8 Å². The molecule has 1 aromatic carbocycles. The van der Waals surface area contributed by atoms with E-state index in [0.29, 0.717) is 41.7 Å². The fourth-order valence-corrected chi connectivity index (χ4v) is 2.89. The van der Waals surface area contributed by atoms with Crippen LogP contribution in [0.15, 0.2) is 36.5 Å². The van der Waals surface area contributed by atoms with Crippen molar-refractivity contribution in [2.75, 3.05) is 13.6 Å². The van der Waals surface area contributed by atoms with E-state index in [0.717, 1.165) is 5.56 Å². The second-order valence-electron chi connectivity index (χ2n) is 6.72. The van der Waals surface area contributed by atoms with E-state index in [9.17, 15) is 14.7 Å². The molecule has 0 saturated heterocycles. The molecule has 3 rings (SSSR count). The van der Waals surface area contributed by atoms with Crippen molar-refractivity contribution in [3.8, 4) is 17.5 Å². The van der Waals surface area contributed by atoms with Gasteiger partial charge in [-0.1, -0.05) is 11.8 Å². The number of aliphatic hydroxyl groups is 1. The molecule has 0 saturated carbocycles. The molecule has 8 heteroatoms. The van der Waals surface area contributed by atoms with Crippen LogP contribution in [0, 0.1) is 18.8 Å². The maximum absolute atomic E-state index is 11.7. The number of hydrogen-bond acceptors (Lipinski definition) is 5. The predicted octanol–water partition coefficient (Wildman–Crippen LogP) is 1.02. The highest BCUT2D eigenvalue weighted by atomic mass is 16.3. The van der Waals surface area contributed by atoms with Crippen molar-refractivity contribution in [3.63, 3.8) is 0 Å². The Morgan fingerprint density at radius 2 is 2.21 bits per heavy atom. The third-order valence-corrected chi connectivity index (χ3v) is 4.30. The van der Waals surface area contributed by atoms with Gasteiger partial charge in [0.05, 0.1) is 11.1 Å². The number of aromatic nitrogens is 3. The quantitative estimate of drug-likeness (QED) is 0.481. The van der Waals surface area contributed by atoms with Crippen molar-refractivity contribution in [1.29, 1.82) is 0 Å². The zero-order valence-electron chi connectivity index (χ0n) is 16.2. The van der Waals surface area contributed by atoms with Crippen LogP contribution in [0.2, 0.25) is 0 Å². The maximum Gasteiger partial charge on any atom is 0.269 e. The molecule has 148 valence electrons. The Labute approximate surface area is 167 Å². The lowest BCUT2D eigenvalue weighted by molar-refractivity contribution is -0.117. The van der Waals surface area contributed by atoms with Crippen LogP contribution in [0.4, 0.5) is 0 Å². The Kier molecular flexibility index (Phi) is 5.90. The number of amides is 2. The van der Waals surface area contributed by atoms with E-state index >= 15 is 0 Å². The second-order valence-corrected chi connectivity index (χ2v) is 6.72. The highest BCUT2D eigenvalue weighted by Crippen LogP contribution is 2.21. The Morgan fingerprint density at radius 3 is 2.93 bits per heavy atom. The molecule has 2 aromatic heterocycles. The number of aryl methyl sites for hydroxylation is 1. The molecular formula is C21H21N5O3. The van der Waals surface area contributed by atoms with Gasteiger partial charge >= 0.3 is 0 Å². The van der Waals surface area contributed by atoms with Gasteiger partial charge in [0.2, 0.25) is 6.41 Å². The van der Waals surface area contributed by atoms with Gasteiger partial charge in [0.1, 0.15) is 6.10 Å². The van der Waals surface area contributed by atoms with E-state index in [2.05, 4.69) is 21.9 Å². The van der Waals surface area contributed by atoms with Gasteiger partial charge in [-0.25, -0.2) is 9.67 Å². The van der Waals surface area contributed by atoms with Crippen LogP contribution in [0.25, 0.3) is 16.7 Å². The van der Waals surface area contributed by atoms with Gasteiger partial charge in [0.25, 0.3) is 5.91 Å². The first-order valence-electron chi connectivity index (χ1n) is 9.00. The average Bonchev–Trinajstić information content (AvgIpc) is 3.10. The number of carbonyl (C=O) groups is 2. The van der Waals surface area contributed by atoms with Crippen molar-refractivity contribution >= 4 is 23.4 Å². The SMILES string of the molecule is Cc1cc(C#C[C@H](O)CCN(C)C=O)cc(-n2nc(C(N)=O)c3cccnc32)c1. The zero-order valence-corrected chi connectivity index (χ0v) is 16.2. The minimum Gasteiger partial charge on any atom is -0.380 e. The van der Waals surface area contributed by atoms with Crippen LogP contribution < -0.4 is 5.73 Å². The summed E-state index contributed by atoms with van der Waals surface area (Å²) < 4.78 is 1.56. The Hall–Kier alpha value is -3.70. The molecule has 0 spiro atoms. The summed E-state index contributed by atoms with van der Waals surface area (Å²) in [6, 6.07) is 9.05. The Morgan fingerprint density at radius 1 is 1.41 bits per heavy atom. The van der Waals surface area contributed by atoms with E-state index in [1.165, 1.54) is 4.90 Å². The molecule has 0 unspecified atom stereocenters. The van der Waals surface area contributed by atoms with E-state index in [4.69, 9.17) is 5.73 Å². The molecular weight excluding hydrogens is 370 g/mol. The smallest absolute Gasteiger partial charge is 0.269 e. The monoisotopic (exact) mass is 391 g/mol. The highest BCUT2D eigenvalue weighted by Gasteiger charge is 2.16. The number of nitrogens with zero attached hydrogens (tertiary/aromatic N) is 4. The van der Waals surface area contributed by atoms with Crippen LogP contribution in [0.3, 0.4) is 0 Å². The molecule has 2 heterocycles. The summed E-state index contributed by atoms with van der Waals surface area (Å²) in [4.78, 5) is 28.1. The normalized spacial score (nSPS) is 11.6. The fourth-order valence-electron chi connectivity index (χ4n) is 2.89. The lowest BCUT2D eigenvalue weighted by atomic mass is 10.1. The average molecular weight is 391 g/mol. The van der Waals surface area contributed by atoms with E-state index in [-0.39, 0.29) is 5.69 Å². The summed E-state index contributed by atoms with van der Waals surface area (Å²) in [6.45, 7) is 2.33. The van der Waals surface area contributed by atoms with Gasteiger partial charge in [-0.15, -0.1) is 0 Å². The van der Waals surface area contributed by atoms with Gasteiger partial charge in [0.15, 0.2) is 11.3 Å². The third kappa shape index (κ3) is 4.59. The molecule has 0 radical (unpaired) electrons. The van der Waals surface area contributed by atoms with E-state index < -0.39 is 12.0 Å². The fraction of sp³-hybridized carbons (Fsp3) is 0.238. The topological polar surface area (TPSA) is 114 Å². The predicted molar refractivity (Wildman–Crippen MR) is 108 cm³/mol. The van der Waals surface area contributed by atoms with Crippen molar-refractivity contribution in [2.45, 2.75) is 19.4 Å². The van der Waals surface area contributed by atoms with Gasteiger partial charge in [-0.3, -0.25) is 9.59 Å². The molecule has 0 aliphatic heterocycles. The van der Waals surface area contributed by atoms with E-state index in [1.807, 2.05) is 19.1 Å². The Bertz CT molecular complexity index is 1130. The van der Waals surface area contributed by atoms with Crippen molar-refractivity contribution in [3.05, 3.63) is 53.3 Å². The first-order chi connectivity index (χ1) is 13.9. The molecule has 0 bridgehead atoms. The summed E-state index contributed by atoms with van der Waals surface area (Å²) in [6.07, 6.45) is 1.83. The first kappa shape index (κ1) is 20.0. The van der Waals surface area contributed by atoms with Crippen LogP contribution >= 0.6 is 0 Å². The summed E-state index contributed by atoms with van der Waals surface area (Å²) in [5, 5.41) is 14.9. The van der Waals surface area contributed by atoms with Gasteiger partial charge in [-0.05, 0) is 42.8 Å². The number of hydrogen-bond donors (Lipinski definition) is 2. The molecule has 8 nitrogen and oxygen atoms in total. The van der Waals surface area contributed by atoms with Gasteiger partial charge in [-0.2, -0.15) is 5.10 Å². The van der Waals surface area contributed by atoms with Crippen molar-refractivity contribution < 1.29 is 14.7 Å². The van der Waals surface area contributed by atoms with Crippen molar-refractivity contribution in [1.82, 2.24) is 19.7 Å². The minimum absolute atomic E-state index is 0.150. The van der Waals surface area contributed by atoms with Crippen LogP contribution in [-0.2, 0) is 4.79 Å². The number of primary amides is 1. The molecule has 29 heavy (non-hydrogen) atoms. The largest absolute Gasteiger partial charge is 0.380 e. The number of rotatable bonds is 6. The molecule has 0 aliphatic rings. The molecule has 0 aliphatic carbocycles. The standard InChI is InChI=1S/C21H21N5O3/c1-14-10-15(5-6-17(28)7-9-25(2)13-27)12-16(11-14)26-21-18(4-3-8-23-21)19(24-26)20(22)29/h3-4,8,10-13,17,28H,7,9H2,1-2H3,(H2,22,29)/t17-/m0/s1. The maximum atomic E-state index is 11.7. The first-order valence-corrected chi connectivity index (χ1v) is 9.00. The number of aliphatic hydroxyl groups excluding tert-OH is 1. The van der Waals surface area contributed by atoms with Crippen LogP contribution in [0.1, 0.15) is 28.0 Å². The number of pyridine rings is 1. The molecule has 3 N–H and O–H groups in total. The highest BCUT2D eigenvalue weighted by molar-refractivity contribution is 6.03.